The summed E-state index contributed by atoms with van der Waals surface area (Å²) in [6, 6.07) is 10.9. The minimum absolute atomic E-state index is 0.00996. The molecule has 0 radical (unpaired) electrons. The third-order valence-corrected chi connectivity index (χ3v) is 6.97. The van der Waals surface area contributed by atoms with Gasteiger partial charge < -0.3 is 9.88 Å². The van der Waals surface area contributed by atoms with Gasteiger partial charge in [-0.15, -0.1) is 21.5 Å². The summed E-state index contributed by atoms with van der Waals surface area (Å²) in [5.41, 5.74) is 3.34. The first-order valence-electron chi connectivity index (χ1n) is 10.2. The highest BCUT2D eigenvalue weighted by molar-refractivity contribution is 7.99. The van der Waals surface area contributed by atoms with E-state index < -0.39 is 0 Å². The Hall–Kier alpha value is -2.12. The van der Waals surface area contributed by atoms with Crippen LogP contribution in [0.5, 0.6) is 0 Å². The van der Waals surface area contributed by atoms with E-state index in [9.17, 15) is 4.79 Å². The molecule has 5 nitrogen and oxygen atoms in total. The van der Waals surface area contributed by atoms with E-state index in [1.165, 1.54) is 40.6 Å². The first kappa shape index (κ1) is 20.2. The number of carbonyl (C=O) groups is 1. The second-order valence-corrected chi connectivity index (χ2v) is 9.23. The number of thioether (sulfide) groups is 1. The molecule has 1 N–H and O–H groups in total. The number of amides is 1. The van der Waals surface area contributed by atoms with Gasteiger partial charge in [-0.25, -0.2) is 0 Å². The molecule has 7 heteroatoms. The van der Waals surface area contributed by atoms with Gasteiger partial charge in [-0.1, -0.05) is 49.9 Å². The Morgan fingerprint density at radius 3 is 2.55 bits per heavy atom. The van der Waals surface area contributed by atoms with E-state index in [-0.39, 0.29) is 5.91 Å². The zero-order valence-corrected chi connectivity index (χ0v) is 18.5. The minimum atomic E-state index is 0.00996. The second-order valence-electron chi connectivity index (χ2n) is 7.25. The smallest absolute Gasteiger partial charge is 0.234 e. The number of nitrogens with one attached hydrogen (secondary N) is 1. The van der Waals surface area contributed by atoms with Crippen LogP contribution in [-0.2, 0) is 24.1 Å². The largest absolute Gasteiger partial charge is 0.325 e. The lowest BCUT2D eigenvalue weighted by atomic mass is 10.0. The standard InChI is InChI=1S/C22H26N4OS2/c1-3-15-7-5-8-16(4-2)21(15)23-20(27)14-29-22-25-24-19(26(22)17-10-11-17)13-18-9-6-12-28-18/h5-9,12,17H,3-4,10-11,13-14H2,1-2H3,(H,23,27). The Labute approximate surface area is 179 Å². The van der Waals surface area contributed by atoms with Crippen molar-refractivity contribution in [3.63, 3.8) is 0 Å². The number of thiophene rings is 1. The lowest BCUT2D eigenvalue weighted by Gasteiger charge is -2.14. The number of carbonyl (C=O) groups excluding carboxylic acids is 1. The van der Waals surface area contributed by atoms with Gasteiger partial charge in [0.2, 0.25) is 5.91 Å². The van der Waals surface area contributed by atoms with E-state index >= 15 is 0 Å². The summed E-state index contributed by atoms with van der Waals surface area (Å²) < 4.78 is 2.25. The Morgan fingerprint density at radius 1 is 1.17 bits per heavy atom. The van der Waals surface area contributed by atoms with Crippen LogP contribution >= 0.6 is 23.1 Å². The molecule has 2 aromatic heterocycles. The molecule has 1 aromatic carbocycles. The monoisotopic (exact) mass is 426 g/mol. The highest BCUT2D eigenvalue weighted by atomic mass is 32.2. The molecular formula is C22H26N4OS2. The lowest BCUT2D eigenvalue weighted by Crippen LogP contribution is -2.17. The van der Waals surface area contributed by atoms with Crippen LogP contribution in [-0.4, -0.2) is 26.4 Å². The second kappa shape index (κ2) is 9.13. The Bertz CT molecular complexity index is 955. The number of hydrogen-bond acceptors (Lipinski definition) is 5. The van der Waals surface area contributed by atoms with Crippen molar-refractivity contribution in [2.75, 3.05) is 11.1 Å². The van der Waals surface area contributed by atoms with E-state index in [1.807, 2.05) is 0 Å². The van der Waals surface area contributed by atoms with Crippen LogP contribution in [0.2, 0.25) is 0 Å². The molecule has 1 aliphatic carbocycles. The van der Waals surface area contributed by atoms with Gasteiger partial charge in [0.05, 0.1) is 5.75 Å². The van der Waals surface area contributed by atoms with Crippen LogP contribution in [0.4, 0.5) is 5.69 Å². The molecule has 152 valence electrons. The summed E-state index contributed by atoms with van der Waals surface area (Å²) >= 11 is 3.23. The first-order valence-corrected chi connectivity index (χ1v) is 12.1. The maximum Gasteiger partial charge on any atom is 0.234 e. The fraction of sp³-hybridized carbons (Fsp3) is 0.409. The van der Waals surface area contributed by atoms with Gasteiger partial charge in [-0.05, 0) is 48.3 Å². The zero-order chi connectivity index (χ0) is 20.2. The predicted octanol–water partition coefficient (Wildman–Crippen LogP) is 5.12. The van der Waals surface area contributed by atoms with Gasteiger partial charge in [-0.2, -0.15) is 0 Å². The third-order valence-electron chi connectivity index (χ3n) is 5.16. The van der Waals surface area contributed by atoms with Crippen molar-refractivity contribution in [1.82, 2.24) is 14.8 Å². The van der Waals surface area contributed by atoms with Crippen LogP contribution in [0.1, 0.15) is 54.6 Å². The van der Waals surface area contributed by atoms with Crippen LogP contribution < -0.4 is 5.32 Å². The lowest BCUT2D eigenvalue weighted by molar-refractivity contribution is -0.113. The van der Waals surface area contributed by atoms with Crippen LogP contribution in [0.3, 0.4) is 0 Å². The summed E-state index contributed by atoms with van der Waals surface area (Å²) in [6.07, 6.45) is 4.94. The highest BCUT2D eigenvalue weighted by Gasteiger charge is 2.30. The summed E-state index contributed by atoms with van der Waals surface area (Å²) in [5, 5.41) is 14.9. The molecule has 0 spiro atoms. The SMILES string of the molecule is CCc1cccc(CC)c1NC(=O)CSc1nnc(Cc2cccs2)n1C1CC1. The van der Waals surface area contributed by atoms with Crippen molar-refractivity contribution in [2.45, 2.75) is 57.1 Å². The van der Waals surface area contributed by atoms with Crippen molar-refractivity contribution in [1.29, 1.82) is 0 Å². The molecule has 1 fully saturated rings. The molecule has 1 aliphatic rings. The zero-order valence-electron chi connectivity index (χ0n) is 16.9. The predicted molar refractivity (Wildman–Crippen MR) is 120 cm³/mol. The third kappa shape index (κ3) is 4.73. The topological polar surface area (TPSA) is 59.8 Å². The average molecular weight is 427 g/mol. The number of benzene rings is 1. The van der Waals surface area contributed by atoms with Crippen molar-refractivity contribution in [2.24, 2.45) is 0 Å². The van der Waals surface area contributed by atoms with E-state index in [0.717, 1.165) is 35.9 Å². The van der Waals surface area contributed by atoms with Gasteiger partial charge in [0.25, 0.3) is 0 Å². The number of anilines is 1. The molecule has 0 atom stereocenters. The first-order chi connectivity index (χ1) is 14.2. The van der Waals surface area contributed by atoms with E-state index in [4.69, 9.17) is 0 Å². The van der Waals surface area contributed by atoms with Gasteiger partial charge in [0, 0.05) is 23.0 Å². The molecule has 0 saturated heterocycles. The molecule has 0 unspecified atom stereocenters. The van der Waals surface area contributed by atoms with E-state index in [2.05, 4.69) is 69.6 Å². The number of para-hydroxylation sites is 1. The normalized spacial score (nSPS) is 13.6. The maximum absolute atomic E-state index is 12.7. The fourth-order valence-electron chi connectivity index (χ4n) is 3.50. The van der Waals surface area contributed by atoms with Crippen LogP contribution in [0, 0.1) is 0 Å². The summed E-state index contributed by atoms with van der Waals surface area (Å²) in [6.45, 7) is 4.23. The molecule has 29 heavy (non-hydrogen) atoms. The number of aromatic nitrogens is 3. The van der Waals surface area contributed by atoms with Crippen molar-refractivity contribution in [3.05, 3.63) is 57.5 Å². The number of hydrogen-bond donors (Lipinski definition) is 1. The maximum atomic E-state index is 12.7. The Morgan fingerprint density at radius 2 is 1.93 bits per heavy atom. The minimum Gasteiger partial charge on any atom is -0.325 e. The fourth-order valence-corrected chi connectivity index (χ4v) is 5.03. The number of aryl methyl sites for hydroxylation is 2. The molecule has 0 aliphatic heterocycles. The van der Waals surface area contributed by atoms with Gasteiger partial charge in [0.15, 0.2) is 5.16 Å². The van der Waals surface area contributed by atoms with Gasteiger partial charge >= 0.3 is 0 Å². The summed E-state index contributed by atoms with van der Waals surface area (Å²) in [5.74, 6) is 1.35. The quantitative estimate of drug-likeness (QED) is 0.482. The molecule has 3 aromatic rings. The van der Waals surface area contributed by atoms with E-state index in [0.29, 0.717) is 11.8 Å². The molecule has 1 amide bonds. The molecule has 1 saturated carbocycles. The van der Waals surface area contributed by atoms with E-state index in [1.54, 1.807) is 11.3 Å². The summed E-state index contributed by atoms with van der Waals surface area (Å²) in [7, 11) is 0. The van der Waals surface area contributed by atoms with Gasteiger partial charge in [0.1, 0.15) is 5.82 Å². The van der Waals surface area contributed by atoms with Crippen molar-refractivity contribution < 1.29 is 4.79 Å². The number of nitrogens with zero attached hydrogens (tertiary/aromatic N) is 3. The highest BCUT2D eigenvalue weighted by Crippen LogP contribution is 2.39. The Balaban J connectivity index is 1.44. The summed E-state index contributed by atoms with van der Waals surface area (Å²) in [4.78, 5) is 14.0. The van der Waals surface area contributed by atoms with Crippen molar-refractivity contribution in [3.8, 4) is 0 Å². The van der Waals surface area contributed by atoms with Crippen LogP contribution in [0.15, 0.2) is 40.9 Å². The Kier molecular flexibility index (Phi) is 6.35. The molecule has 4 rings (SSSR count). The van der Waals surface area contributed by atoms with Crippen LogP contribution in [0.25, 0.3) is 0 Å². The molecule has 2 heterocycles. The number of rotatable bonds is 9. The average Bonchev–Trinajstić information content (AvgIpc) is 3.28. The van der Waals surface area contributed by atoms with Gasteiger partial charge in [-0.3, -0.25) is 4.79 Å². The molecule has 0 bridgehead atoms. The molecular weight excluding hydrogens is 400 g/mol. The van der Waals surface area contributed by atoms with Crippen molar-refractivity contribution >= 4 is 34.7 Å².